The van der Waals surface area contributed by atoms with Gasteiger partial charge in [-0.05, 0) is 32.0 Å². The summed E-state index contributed by atoms with van der Waals surface area (Å²) in [6.45, 7) is 3.42. The summed E-state index contributed by atoms with van der Waals surface area (Å²) < 4.78 is 25.6. The first kappa shape index (κ1) is 18.3. The molecule has 0 aliphatic heterocycles. The minimum Gasteiger partial charge on any atom is -0.457 e. The van der Waals surface area contributed by atoms with E-state index in [4.69, 9.17) is 9.26 Å². The highest BCUT2D eigenvalue weighted by atomic mass is 79.9. The molecular weight excluding hydrogens is 401 g/mol. The minimum atomic E-state index is -0.681. The molecule has 0 N–H and O–H groups in total. The summed E-state index contributed by atoms with van der Waals surface area (Å²) in [5, 5.41) is 3.97. The van der Waals surface area contributed by atoms with Crippen molar-refractivity contribution in [2.75, 3.05) is 0 Å². The van der Waals surface area contributed by atoms with Gasteiger partial charge in [-0.25, -0.2) is 4.39 Å². The van der Waals surface area contributed by atoms with E-state index in [1.54, 1.807) is 32.0 Å². The van der Waals surface area contributed by atoms with Gasteiger partial charge in [0, 0.05) is 21.2 Å². The van der Waals surface area contributed by atoms with E-state index in [2.05, 4.69) is 21.1 Å². The Balaban J connectivity index is 1.77. The highest BCUT2D eigenvalue weighted by Gasteiger charge is 2.21. The molecule has 0 saturated heterocycles. The lowest BCUT2D eigenvalue weighted by molar-refractivity contribution is -0.147. The summed E-state index contributed by atoms with van der Waals surface area (Å²) in [5.41, 5.74) is 2.45. The number of nitrogens with zero attached hydrogens (tertiary/aromatic N) is 1. The summed E-state index contributed by atoms with van der Waals surface area (Å²) in [6, 6.07) is 13.8. The Morgan fingerprint density at radius 1 is 1.23 bits per heavy atom. The Morgan fingerprint density at radius 2 is 1.92 bits per heavy atom. The Morgan fingerprint density at radius 3 is 2.62 bits per heavy atom. The molecule has 0 aliphatic carbocycles. The van der Waals surface area contributed by atoms with Crippen molar-refractivity contribution in [2.45, 2.75) is 26.4 Å². The highest BCUT2D eigenvalue weighted by Crippen LogP contribution is 2.29. The van der Waals surface area contributed by atoms with Crippen molar-refractivity contribution in [1.82, 2.24) is 5.16 Å². The summed E-state index contributed by atoms with van der Waals surface area (Å²) in [4.78, 5) is 12.4. The maximum absolute atomic E-state index is 13.8. The summed E-state index contributed by atoms with van der Waals surface area (Å²) in [6.07, 6.45) is -0.681. The van der Waals surface area contributed by atoms with Gasteiger partial charge in [-0.2, -0.15) is 0 Å². The lowest BCUT2D eigenvalue weighted by Crippen LogP contribution is -2.13. The van der Waals surface area contributed by atoms with Gasteiger partial charge in [-0.15, -0.1) is 0 Å². The molecule has 1 atom stereocenters. The second-order valence-electron chi connectivity index (χ2n) is 5.91. The first-order valence-electron chi connectivity index (χ1n) is 8.10. The van der Waals surface area contributed by atoms with E-state index in [9.17, 15) is 9.18 Å². The van der Waals surface area contributed by atoms with E-state index in [0.717, 1.165) is 10.0 Å². The molecule has 0 amide bonds. The zero-order valence-electron chi connectivity index (χ0n) is 14.3. The van der Waals surface area contributed by atoms with E-state index in [-0.39, 0.29) is 6.42 Å². The van der Waals surface area contributed by atoms with Crippen molar-refractivity contribution in [3.8, 4) is 11.3 Å². The third-order valence-corrected chi connectivity index (χ3v) is 4.59. The zero-order valence-corrected chi connectivity index (χ0v) is 15.9. The lowest BCUT2D eigenvalue weighted by atomic mass is 10.0. The zero-order chi connectivity index (χ0) is 18.7. The number of benzene rings is 2. The van der Waals surface area contributed by atoms with Gasteiger partial charge >= 0.3 is 5.97 Å². The molecule has 3 rings (SSSR count). The van der Waals surface area contributed by atoms with Crippen LogP contribution in [0.1, 0.15) is 29.8 Å². The fraction of sp³-hybridized carbons (Fsp3) is 0.200. The standard InChI is InChI=1S/C20H17BrFNO3/c1-12-17(20(26-23-12)14-7-9-15(21)10-8-14)11-19(24)25-13(2)16-5-3-4-6-18(16)22/h3-10,13H,11H2,1-2H3/t13-/m1/s1. The van der Waals surface area contributed by atoms with Crippen LogP contribution in [0.2, 0.25) is 0 Å². The summed E-state index contributed by atoms with van der Waals surface area (Å²) in [5.74, 6) is -0.333. The van der Waals surface area contributed by atoms with E-state index < -0.39 is 17.9 Å². The molecule has 0 spiro atoms. The number of esters is 1. The van der Waals surface area contributed by atoms with Crippen molar-refractivity contribution >= 4 is 21.9 Å². The van der Waals surface area contributed by atoms with Crippen molar-refractivity contribution in [3.05, 3.63) is 75.6 Å². The molecule has 4 nitrogen and oxygen atoms in total. The van der Waals surface area contributed by atoms with Gasteiger partial charge in [-0.1, -0.05) is 51.4 Å². The van der Waals surface area contributed by atoms with Crippen LogP contribution >= 0.6 is 15.9 Å². The molecular formula is C20H17BrFNO3. The molecule has 2 aromatic carbocycles. The molecule has 0 unspecified atom stereocenters. The average molecular weight is 418 g/mol. The van der Waals surface area contributed by atoms with Gasteiger partial charge in [-0.3, -0.25) is 4.79 Å². The average Bonchev–Trinajstić information content (AvgIpc) is 2.96. The first-order chi connectivity index (χ1) is 12.5. The van der Waals surface area contributed by atoms with Crippen LogP contribution in [-0.4, -0.2) is 11.1 Å². The van der Waals surface area contributed by atoms with Gasteiger partial charge < -0.3 is 9.26 Å². The molecule has 0 fully saturated rings. The van der Waals surface area contributed by atoms with Gasteiger partial charge in [0.1, 0.15) is 11.9 Å². The molecule has 0 bridgehead atoms. The number of ether oxygens (including phenoxy) is 1. The number of carbonyl (C=O) groups is 1. The molecule has 0 saturated carbocycles. The molecule has 134 valence electrons. The van der Waals surface area contributed by atoms with Gasteiger partial charge in [0.05, 0.1) is 12.1 Å². The van der Waals surface area contributed by atoms with Crippen molar-refractivity contribution < 1.29 is 18.4 Å². The topological polar surface area (TPSA) is 52.3 Å². The number of hydrogen-bond donors (Lipinski definition) is 0. The van der Waals surface area contributed by atoms with Crippen LogP contribution in [-0.2, 0) is 16.0 Å². The van der Waals surface area contributed by atoms with E-state index >= 15 is 0 Å². The van der Waals surface area contributed by atoms with Crippen LogP contribution in [0, 0.1) is 12.7 Å². The molecule has 6 heteroatoms. The Labute approximate surface area is 159 Å². The molecule has 3 aromatic rings. The SMILES string of the molecule is Cc1noc(-c2ccc(Br)cc2)c1CC(=O)O[C@H](C)c1ccccc1F. The van der Waals surface area contributed by atoms with Crippen molar-refractivity contribution in [2.24, 2.45) is 0 Å². The Kier molecular flexibility index (Phi) is 5.52. The molecule has 1 heterocycles. The third kappa shape index (κ3) is 4.02. The van der Waals surface area contributed by atoms with E-state index in [1.165, 1.54) is 6.07 Å². The summed E-state index contributed by atoms with van der Waals surface area (Å²) >= 11 is 3.39. The molecule has 1 aromatic heterocycles. The van der Waals surface area contributed by atoms with E-state index in [0.29, 0.717) is 22.6 Å². The molecule has 0 aliphatic rings. The van der Waals surface area contributed by atoms with Crippen LogP contribution in [0.25, 0.3) is 11.3 Å². The third-order valence-electron chi connectivity index (χ3n) is 4.06. The van der Waals surface area contributed by atoms with Gasteiger partial charge in [0.15, 0.2) is 5.76 Å². The number of hydrogen-bond acceptors (Lipinski definition) is 4. The van der Waals surface area contributed by atoms with Gasteiger partial charge in [0.25, 0.3) is 0 Å². The van der Waals surface area contributed by atoms with Crippen LogP contribution in [0.3, 0.4) is 0 Å². The monoisotopic (exact) mass is 417 g/mol. The largest absolute Gasteiger partial charge is 0.457 e. The van der Waals surface area contributed by atoms with Crippen LogP contribution in [0.15, 0.2) is 57.5 Å². The maximum atomic E-state index is 13.8. The van der Waals surface area contributed by atoms with Crippen molar-refractivity contribution in [3.63, 3.8) is 0 Å². The highest BCUT2D eigenvalue weighted by molar-refractivity contribution is 9.10. The smallest absolute Gasteiger partial charge is 0.311 e. The lowest BCUT2D eigenvalue weighted by Gasteiger charge is -2.14. The maximum Gasteiger partial charge on any atom is 0.311 e. The summed E-state index contributed by atoms with van der Waals surface area (Å²) in [7, 11) is 0. The minimum absolute atomic E-state index is 0.000473. The fourth-order valence-corrected chi connectivity index (χ4v) is 2.94. The second-order valence-corrected chi connectivity index (χ2v) is 6.83. The number of aromatic nitrogens is 1. The van der Waals surface area contributed by atoms with Crippen LogP contribution < -0.4 is 0 Å². The van der Waals surface area contributed by atoms with Crippen molar-refractivity contribution in [1.29, 1.82) is 0 Å². The number of carbonyl (C=O) groups excluding carboxylic acids is 1. The fourth-order valence-electron chi connectivity index (χ4n) is 2.68. The normalized spacial score (nSPS) is 12.0. The quantitative estimate of drug-likeness (QED) is 0.521. The molecule has 26 heavy (non-hydrogen) atoms. The predicted octanol–water partition coefficient (Wildman–Crippen LogP) is 5.40. The van der Waals surface area contributed by atoms with Crippen LogP contribution in [0.4, 0.5) is 4.39 Å². The number of rotatable bonds is 5. The Hall–Kier alpha value is -2.47. The number of halogens is 2. The van der Waals surface area contributed by atoms with E-state index in [1.807, 2.05) is 24.3 Å². The Bertz CT molecular complexity index is 921. The van der Waals surface area contributed by atoms with Crippen LogP contribution in [0.5, 0.6) is 0 Å². The van der Waals surface area contributed by atoms with Gasteiger partial charge in [0.2, 0.25) is 0 Å². The molecule has 0 radical (unpaired) electrons. The predicted molar refractivity (Wildman–Crippen MR) is 99.0 cm³/mol. The number of aryl methyl sites for hydroxylation is 1. The second kappa shape index (κ2) is 7.83. The first-order valence-corrected chi connectivity index (χ1v) is 8.90.